The topological polar surface area (TPSA) is 87.3 Å². The van der Waals surface area contributed by atoms with Crippen LogP contribution in [-0.2, 0) is 14.4 Å². The molecule has 0 aromatic heterocycles. The Morgan fingerprint density at radius 1 is 0.275 bits per heavy atom. The summed E-state index contributed by atoms with van der Waals surface area (Å²) in [4.78, 5) is 40.7. The van der Waals surface area contributed by atoms with Gasteiger partial charge in [-0.05, 0) is 116 Å². The molecule has 3 N–H and O–H groups in total. The van der Waals surface area contributed by atoms with Crippen molar-refractivity contribution >= 4 is 17.7 Å². The van der Waals surface area contributed by atoms with E-state index < -0.39 is 0 Å². The van der Waals surface area contributed by atoms with Gasteiger partial charge in [-0.2, -0.15) is 0 Å². The molecule has 3 amide bonds. The van der Waals surface area contributed by atoms with Crippen molar-refractivity contribution in [1.29, 1.82) is 0 Å². The third-order valence-electron chi connectivity index (χ3n) is 14.8. The van der Waals surface area contributed by atoms with E-state index in [2.05, 4.69) is 73.2 Å². The van der Waals surface area contributed by atoms with Gasteiger partial charge in [0, 0.05) is 37.4 Å². The summed E-state index contributed by atoms with van der Waals surface area (Å²) in [5, 5.41) is 9.63. The third-order valence-corrected chi connectivity index (χ3v) is 14.8. The quantitative estimate of drug-likeness (QED) is 0.0419. The Bertz CT molecular complexity index is 1070. The van der Waals surface area contributed by atoms with E-state index in [1.165, 1.54) is 231 Å². The van der Waals surface area contributed by atoms with Crippen molar-refractivity contribution in [2.24, 2.45) is 17.8 Å². The van der Waals surface area contributed by atoms with E-state index in [-0.39, 0.29) is 35.5 Å². The van der Waals surface area contributed by atoms with Crippen LogP contribution in [0.4, 0.5) is 0 Å². The van der Waals surface area contributed by atoms with Crippen LogP contribution in [-0.4, -0.2) is 37.4 Å². The lowest BCUT2D eigenvalue weighted by Gasteiger charge is -2.33. The maximum atomic E-state index is 13.6. The van der Waals surface area contributed by atoms with Gasteiger partial charge in [0.15, 0.2) is 0 Å². The average molecular weight is 965 g/mol. The van der Waals surface area contributed by atoms with Gasteiger partial charge in [-0.1, -0.05) is 231 Å². The molecule has 1 aliphatic carbocycles. The molecule has 0 saturated heterocycles. The van der Waals surface area contributed by atoms with Crippen LogP contribution in [0.25, 0.3) is 0 Å². The Kier molecular flexibility index (Phi) is 48.7. The molecule has 1 aliphatic rings. The molecule has 0 unspecified atom stereocenters. The zero-order valence-corrected chi connectivity index (χ0v) is 46.4. The summed E-state index contributed by atoms with van der Waals surface area (Å²) in [5.74, 6) is -0.806. The predicted molar refractivity (Wildman–Crippen MR) is 302 cm³/mol. The van der Waals surface area contributed by atoms with E-state index in [1.54, 1.807) is 0 Å². The molecular weight excluding hydrogens is 847 g/mol. The standard InChI is InChI=1S/C63H117N3O3/c1-4-7-10-13-16-19-22-25-28-31-34-37-40-43-46-49-52-64-61(67)58-55-59(62(68)65-53-50-47-44-41-38-35-32-29-26-23-20-17-14-11-8-5-2)57-60(56-58)63(69)66-54-51-48-45-42-39-36-33-30-27-24-21-18-15-12-9-6-3/h25-30,58-60H,4-24,31-57H2,1-3H3,(H,64,67)(H,65,68)(H,66,69)/b28-25-,29-26-,30-27-. The summed E-state index contributed by atoms with van der Waals surface area (Å²) in [6.45, 7) is 8.86. The molecule has 6 nitrogen and oxygen atoms in total. The number of hydrogen-bond acceptors (Lipinski definition) is 3. The molecule has 1 rings (SSSR count). The maximum Gasteiger partial charge on any atom is 0.223 e. The first-order valence-corrected chi connectivity index (χ1v) is 30.8. The summed E-state index contributed by atoms with van der Waals surface area (Å²) in [6, 6.07) is 0. The molecule has 0 spiro atoms. The molecule has 0 atom stereocenters. The van der Waals surface area contributed by atoms with Crippen LogP contribution in [0, 0.1) is 17.8 Å². The first-order valence-electron chi connectivity index (χ1n) is 30.8. The minimum Gasteiger partial charge on any atom is -0.356 e. The molecule has 1 fully saturated rings. The number of allylic oxidation sites excluding steroid dienone is 6. The number of amides is 3. The lowest BCUT2D eigenvalue weighted by molar-refractivity contribution is -0.134. The lowest BCUT2D eigenvalue weighted by atomic mass is 9.74. The summed E-state index contributed by atoms with van der Waals surface area (Å²) >= 11 is 0. The van der Waals surface area contributed by atoms with Gasteiger partial charge in [0.25, 0.3) is 0 Å². The minimum atomic E-state index is -0.296. The fourth-order valence-corrected chi connectivity index (χ4v) is 10.1. The third kappa shape index (κ3) is 43.0. The van der Waals surface area contributed by atoms with E-state index >= 15 is 0 Å². The molecule has 0 aliphatic heterocycles. The Hall–Kier alpha value is -2.37. The summed E-state index contributed by atoms with van der Waals surface area (Å²) in [7, 11) is 0. The first kappa shape index (κ1) is 64.6. The minimum absolute atomic E-state index is 0.0274. The molecule has 0 aromatic rings. The van der Waals surface area contributed by atoms with Gasteiger partial charge >= 0.3 is 0 Å². The van der Waals surface area contributed by atoms with E-state index in [1.807, 2.05) is 0 Å². The number of rotatable bonds is 51. The fraction of sp³-hybridized carbons (Fsp3) is 0.857. The van der Waals surface area contributed by atoms with Crippen molar-refractivity contribution in [3.05, 3.63) is 36.5 Å². The first-order chi connectivity index (χ1) is 34.0. The molecule has 1 saturated carbocycles. The van der Waals surface area contributed by atoms with Crippen molar-refractivity contribution in [2.45, 2.75) is 310 Å². The second kappa shape index (κ2) is 52.0. The van der Waals surface area contributed by atoms with Crippen molar-refractivity contribution in [1.82, 2.24) is 16.0 Å². The highest BCUT2D eigenvalue weighted by molar-refractivity contribution is 5.86. The van der Waals surface area contributed by atoms with Crippen LogP contribution >= 0.6 is 0 Å². The predicted octanol–water partition coefficient (Wildman–Crippen LogP) is 18.5. The number of hydrogen-bond donors (Lipinski definition) is 3. The zero-order chi connectivity index (χ0) is 49.8. The number of carbonyl (C=O) groups is 3. The molecule has 0 bridgehead atoms. The van der Waals surface area contributed by atoms with Gasteiger partial charge in [-0.15, -0.1) is 0 Å². The van der Waals surface area contributed by atoms with Gasteiger partial charge in [-0.25, -0.2) is 0 Å². The molecule has 6 heteroatoms. The summed E-state index contributed by atoms with van der Waals surface area (Å²) < 4.78 is 0. The Labute approximate surface area is 429 Å². The second-order valence-electron chi connectivity index (χ2n) is 21.5. The SMILES string of the molecule is CCCCCCCC/C=C\CCCCCCCCNC(=O)C1CC(C(=O)NCCCCCCCC/C=C\CCCCCCCC)CC(C(=O)NCCCCCCCC/C=C\CCCCCCCC)C1. The molecule has 0 radical (unpaired) electrons. The number of carbonyl (C=O) groups excluding carboxylic acids is 3. The van der Waals surface area contributed by atoms with Gasteiger partial charge in [0.2, 0.25) is 17.7 Å². The normalized spacial score (nSPS) is 16.3. The van der Waals surface area contributed by atoms with Crippen molar-refractivity contribution in [3.8, 4) is 0 Å². The van der Waals surface area contributed by atoms with Gasteiger partial charge < -0.3 is 16.0 Å². The van der Waals surface area contributed by atoms with E-state index in [0.717, 1.165) is 38.5 Å². The van der Waals surface area contributed by atoms with Crippen LogP contribution in [0.1, 0.15) is 310 Å². The van der Waals surface area contributed by atoms with Crippen LogP contribution in [0.5, 0.6) is 0 Å². The van der Waals surface area contributed by atoms with E-state index in [4.69, 9.17) is 0 Å². The highest BCUT2D eigenvalue weighted by atomic mass is 16.2. The van der Waals surface area contributed by atoms with Crippen molar-refractivity contribution in [3.63, 3.8) is 0 Å². The zero-order valence-electron chi connectivity index (χ0n) is 46.4. The van der Waals surface area contributed by atoms with Gasteiger partial charge in [0.1, 0.15) is 0 Å². The van der Waals surface area contributed by atoms with Gasteiger partial charge in [-0.3, -0.25) is 14.4 Å². The lowest BCUT2D eigenvalue weighted by Crippen LogP contribution is -2.45. The number of nitrogens with one attached hydrogen (secondary N) is 3. The summed E-state index contributed by atoms with van der Waals surface area (Å²) in [5.41, 5.74) is 0. The maximum absolute atomic E-state index is 13.6. The fourth-order valence-electron chi connectivity index (χ4n) is 10.1. The largest absolute Gasteiger partial charge is 0.356 e. The smallest absolute Gasteiger partial charge is 0.223 e. The van der Waals surface area contributed by atoms with Crippen molar-refractivity contribution in [2.75, 3.05) is 19.6 Å². The van der Waals surface area contributed by atoms with Crippen LogP contribution in [0.15, 0.2) is 36.5 Å². The van der Waals surface area contributed by atoms with E-state index in [0.29, 0.717) is 38.9 Å². The van der Waals surface area contributed by atoms with Gasteiger partial charge in [0.05, 0.1) is 0 Å². The molecule has 0 heterocycles. The molecular formula is C63H117N3O3. The highest BCUT2D eigenvalue weighted by Crippen LogP contribution is 2.34. The summed E-state index contributed by atoms with van der Waals surface area (Å²) in [6.07, 6.45) is 69.1. The Morgan fingerprint density at radius 3 is 0.652 bits per heavy atom. The second-order valence-corrected chi connectivity index (χ2v) is 21.5. The molecule has 0 aromatic carbocycles. The molecule has 402 valence electrons. The average Bonchev–Trinajstić information content (AvgIpc) is 3.36. The van der Waals surface area contributed by atoms with Crippen LogP contribution in [0.3, 0.4) is 0 Å². The highest BCUT2D eigenvalue weighted by Gasteiger charge is 2.38. The monoisotopic (exact) mass is 964 g/mol. The Morgan fingerprint density at radius 2 is 0.449 bits per heavy atom. The Balaban J connectivity index is 2.39. The molecule has 69 heavy (non-hydrogen) atoms. The van der Waals surface area contributed by atoms with E-state index in [9.17, 15) is 14.4 Å². The van der Waals surface area contributed by atoms with Crippen LogP contribution in [0.2, 0.25) is 0 Å². The van der Waals surface area contributed by atoms with Crippen LogP contribution < -0.4 is 16.0 Å². The number of unbranched alkanes of at least 4 members (excludes halogenated alkanes) is 36. The van der Waals surface area contributed by atoms with Crippen molar-refractivity contribution < 1.29 is 14.4 Å².